The van der Waals surface area contributed by atoms with E-state index >= 15 is 0 Å². The number of nitriles is 1. The molecule has 0 spiro atoms. The third-order valence-electron chi connectivity index (χ3n) is 5.20. The van der Waals surface area contributed by atoms with Crippen LogP contribution in [0, 0.1) is 11.3 Å². The zero-order chi connectivity index (χ0) is 20.9. The van der Waals surface area contributed by atoms with Gasteiger partial charge in [0.1, 0.15) is 5.76 Å². The molecule has 1 fully saturated rings. The van der Waals surface area contributed by atoms with Gasteiger partial charge in [-0.3, -0.25) is 4.79 Å². The number of carbonyl (C=O) groups excluding carboxylic acids is 1. The van der Waals surface area contributed by atoms with Gasteiger partial charge < -0.3 is 19.2 Å². The van der Waals surface area contributed by atoms with Gasteiger partial charge in [0, 0.05) is 44.3 Å². The molecule has 1 N–H and O–H groups in total. The first kappa shape index (κ1) is 20.1. The fourth-order valence-corrected chi connectivity index (χ4v) is 4.32. The van der Waals surface area contributed by atoms with Gasteiger partial charge in [0.2, 0.25) is 0 Å². The van der Waals surface area contributed by atoms with E-state index in [4.69, 9.17) is 9.68 Å². The van der Waals surface area contributed by atoms with Gasteiger partial charge in [-0.1, -0.05) is 11.8 Å². The van der Waals surface area contributed by atoms with Gasteiger partial charge in [-0.15, -0.1) is 0 Å². The first-order valence-corrected chi connectivity index (χ1v) is 10.9. The number of thioether (sulfide) groups is 1. The highest BCUT2D eigenvalue weighted by Crippen LogP contribution is 2.23. The van der Waals surface area contributed by atoms with Crippen LogP contribution in [0.3, 0.4) is 0 Å². The van der Waals surface area contributed by atoms with Crippen molar-refractivity contribution in [2.24, 2.45) is 7.05 Å². The van der Waals surface area contributed by atoms with Crippen molar-refractivity contribution in [3.63, 3.8) is 0 Å². The van der Waals surface area contributed by atoms with Crippen molar-refractivity contribution < 1.29 is 9.21 Å². The van der Waals surface area contributed by atoms with Crippen LogP contribution in [0.4, 0.5) is 5.69 Å². The van der Waals surface area contributed by atoms with E-state index in [0.717, 1.165) is 42.5 Å². The van der Waals surface area contributed by atoms with Crippen LogP contribution >= 0.6 is 11.8 Å². The van der Waals surface area contributed by atoms with Crippen LogP contribution in [0.15, 0.2) is 58.4 Å². The predicted octanol–water partition coefficient (Wildman–Crippen LogP) is 3.58. The molecular weight excluding hydrogens is 398 g/mol. The number of nitrogens with one attached hydrogen (secondary N) is 1. The smallest absolute Gasteiger partial charge is 0.287 e. The second-order valence-corrected chi connectivity index (χ2v) is 8.21. The second kappa shape index (κ2) is 9.09. The molecule has 0 radical (unpaired) electrons. The quantitative estimate of drug-likeness (QED) is 0.612. The monoisotopic (exact) mass is 421 g/mol. The third kappa shape index (κ3) is 4.69. The lowest BCUT2D eigenvalue weighted by molar-refractivity contribution is 0.0901. The van der Waals surface area contributed by atoms with Crippen LogP contribution in [-0.2, 0) is 12.8 Å². The number of aromatic nitrogens is 2. The molecule has 0 saturated carbocycles. The number of benzene rings is 1. The number of piperidine rings is 1. The van der Waals surface area contributed by atoms with Crippen LogP contribution < -0.4 is 10.2 Å². The average molecular weight is 422 g/mol. The van der Waals surface area contributed by atoms with Crippen molar-refractivity contribution in [3.05, 3.63) is 65.9 Å². The van der Waals surface area contributed by atoms with Gasteiger partial charge in [-0.05, 0) is 49.2 Å². The van der Waals surface area contributed by atoms with Gasteiger partial charge in [-0.2, -0.15) is 5.26 Å². The first-order chi connectivity index (χ1) is 14.6. The number of hydrogen-bond acceptors (Lipinski definition) is 6. The number of nitrogens with zero attached hydrogens (tertiary/aromatic N) is 4. The highest BCUT2D eigenvalue weighted by Gasteiger charge is 2.22. The Morgan fingerprint density at radius 2 is 2.03 bits per heavy atom. The number of hydrogen-bond donors (Lipinski definition) is 1. The average Bonchev–Trinajstić information content (AvgIpc) is 3.42. The van der Waals surface area contributed by atoms with Gasteiger partial charge in [0.15, 0.2) is 10.9 Å². The van der Waals surface area contributed by atoms with Crippen molar-refractivity contribution >= 4 is 23.4 Å². The lowest BCUT2D eigenvalue weighted by Gasteiger charge is -2.33. The Hall–Kier alpha value is -3.18. The van der Waals surface area contributed by atoms with Gasteiger partial charge in [0.05, 0.1) is 17.4 Å². The molecule has 2 aromatic heterocycles. The number of carbonyl (C=O) groups is 1. The number of aryl methyl sites for hydroxylation is 1. The number of anilines is 1. The van der Waals surface area contributed by atoms with E-state index in [1.54, 1.807) is 24.0 Å². The molecule has 1 aliphatic heterocycles. The van der Waals surface area contributed by atoms with Crippen LogP contribution in [-0.4, -0.2) is 34.6 Å². The van der Waals surface area contributed by atoms with Gasteiger partial charge in [-0.25, -0.2) is 4.98 Å². The summed E-state index contributed by atoms with van der Waals surface area (Å²) in [4.78, 5) is 19.1. The summed E-state index contributed by atoms with van der Waals surface area (Å²) in [5.74, 6) is 1.56. The molecule has 1 saturated heterocycles. The maximum atomic E-state index is 12.6. The highest BCUT2D eigenvalue weighted by molar-refractivity contribution is 7.98. The lowest BCUT2D eigenvalue weighted by Crippen LogP contribution is -2.44. The number of amides is 1. The summed E-state index contributed by atoms with van der Waals surface area (Å²) in [6.45, 7) is 1.72. The van der Waals surface area contributed by atoms with E-state index in [9.17, 15) is 4.79 Å². The molecule has 154 valence electrons. The Balaban J connectivity index is 1.26. The van der Waals surface area contributed by atoms with E-state index in [-0.39, 0.29) is 11.9 Å². The van der Waals surface area contributed by atoms with Crippen LogP contribution in [0.25, 0.3) is 0 Å². The van der Waals surface area contributed by atoms with E-state index in [1.807, 2.05) is 48.1 Å². The molecule has 0 bridgehead atoms. The van der Waals surface area contributed by atoms with Crippen molar-refractivity contribution in [2.45, 2.75) is 29.8 Å². The molecule has 30 heavy (non-hydrogen) atoms. The predicted molar refractivity (Wildman–Crippen MR) is 115 cm³/mol. The summed E-state index contributed by atoms with van der Waals surface area (Å²) in [5.41, 5.74) is 1.77. The van der Waals surface area contributed by atoms with E-state index in [0.29, 0.717) is 17.1 Å². The SMILES string of the molecule is Cn1ccnc1SCc1ccc(C(=O)NC2CCN(c3ccc(C#N)cc3)CC2)o1. The number of imidazole rings is 1. The summed E-state index contributed by atoms with van der Waals surface area (Å²) < 4.78 is 7.68. The Bertz CT molecular complexity index is 1040. The Labute approximate surface area is 179 Å². The van der Waals surface area contributed by atoms with E-state index in [2.05, 4.69) is 21.3 Å². The Morgan fingerprint density at radius 3 is 2.70 bits per heavy atom. The van der Waals surface area contributed by atoms with Crippen LogP contribution in [0.5, 0.6) is 0 Å². The number of furan rings is 1. The van der Waals surface area contributed by atoms with Gasteiger partial charge >= 0.3 is 0 Å². The number of rotatable bonds is 6. The molecular formula is C22H23N5O2S. The van der Waals surface area contributed by atoms with Crippen molar-refractivity contribution in [2.75, 3.05) is 18.0 Å². The fraction of sp³-hybridized carbons (Fsp3) is 0.318. The molecule has 4 rings (SSSR count). The van der Waals surface area contributed by atoms with Crippen LogP contribution in [0.1, 0.15) is 34.7 Å². The first-order valence-electron chi connectivity index (χ1n) is 9.87. The topological polar surface area (TPSA) is 87.1 Å². The van der Waals surface area contributed by atoms with E-state index < -0.39 is 0 Å². The Morgan fingerprint density at radius 1 is 1.27 bits per heavy atom. The third-order valence-corrected chi connectivity index (χ3v) is 6.28. The molecule has 0 atom stereocenters. The summed E-state index contributed by atoms with van der Waals surface area (Å²) in [6, 6.07) is 13.5. The Kier molecular flexibility index (Phi) is 6.10. The van der Waals surface area contributed by atoms with Gasteiger partial charge in [0.25, 0.3) is 5.91 Å². The summed E-state index contributed by atoms with van der Waals surface area (Å²) in [6.07, 6.45) is 5.40. The molecule has 1 aliphatic rings. The van der Waals surface area contributed by atoms with Crippen LogP contribution in [0.2, 0.25) is 0 Å². The summed E-state index contributed by atoms with van der Waals surface area (Å²) in [7, 11) is 1.95. The molecule has 0 unspecified atom stereocenters. The highest BCUT2D eigenvalue weighted by atomic mass is 32.2. The minimum Gasteiger partial charge on any atom is -0.455 e. The minimum atomic E-state index is -0.167. The standard InChI is InChI=1S/C22H23N5O2S/c1-26-13-10-24-22(26)30-15-19-6-7-20(29-19)21(28)25-17-8-11-27(12-9-17)18-4-2-16(14-23)3-5-18/h2-7,10,13,17H,8-9,11-12,15H2,1H3,(H,25,28). The van der Waals surface area contributed by atoms with Crippen molar-refractivity contribution in [1.29, 1.82) is 5.26 Å². The minimum absolute atomic E-state index is 0.127. The molecule has 3 heterocycles. The second-order valence-electron chi connectivity index (χ2n) is 7.27. The molecule has 1 aromatic carbocycles. The van der Waals surface area contributed by atoms with E-state index in [1.165, 1.54) is 0 Å². The maximum absolute atomic E-state index is 12.6. The summed E-state index contributed by atoms with van der Waals surface area (Å²) in [5, 5.41) is 12.9. The molecule has 3 aromatic rings. The zero-order valence-electron chi connectivity index (χ0n) is 16.7. The molecule has 1 amide bonds. The zero-order valence-corrected chi connectivity index (χ0v) is 17.6. The maximum Gasteiger partial charge on any atom is 0.287 e. The largest absolute Gasteiger partial charge is 0.455 e. The normalized spacial score (nSPS) is 14.5. The molecule has 7 nitrogen and oxygen atoms in total. The molecule has 8 heteroatoms. The van der Waals surface area contributed by atoms with Crippen molar-refractivity contribution in [1.82, 2.24) is 14.9 Å². The van der Waals surface area contributed by atoms with Crippen molar-refractivity contribution in [3.8, 4) is 6.07 Å². The molecule has 0 aliphatic carbocycles. The summed E-state index contributed by atoms with van der Waals surface area (Å²) >= 11 is 1.57. The lowest BCUT2D eigenvalue weighted by atomic mass is 10.0. The fourth-order valence-electron chi connectivity index (χ4n) is 3.49.